The summed E-state index contributed by atoms with van der Waals surface area (Å²) in [5.74, 6) is -0.369. The zero-order valence-corrected chi connectivity index (χ0v) is 11.9. The molecule has 0 N–H and O–H groups in total. The quantitative estimate of drug-likeness (QED) is 0.730. The largest absolute Gasteiger partial charge is 0.573 e. The number of ether oxygens (including phenoxy) is 1. The summed E-state index contributed by atoms with van der Waals surface area (Å²) >= 11 is 17.5. The molecule has 0 saturated carbocycles. The van der Waals surface area contributed by atoms with Crippen LogP contribution in [0.5, 0.6) is 5.75 Å². The summed E-state index contributed by atoms with van der Waals surface area (Å²) in [6.07, 6.45) is -3.32. The highest BCUT2D eigenvalue weighted by atomic mass is 35.6. The second-order valence-electron chi connectivity index (χ2n) is 3.32. The Kier molecular flexibility index (Phi) is 4.02. The van der Waals surface area contributed by atoms with Gasteiger partial charge in [0, 0.05) is 23.4 Å². The SMILES string of the molecule is FC(F)(F)Oc1ccc2cnn(SC(Cl)(Cl)Cl)c2c1. The molecule has 0 radical (unpaired) electrons. The first-order valence-corrected chi connectivity index (χ1v) is 6.54. The van der Waals surface area contributed by atoms with E-state index in [1.807, 2.05) is 0 Å². The predicted molar refractivity (Wildman–Crippen MR) is 69.7 cm³/mol. The van der Waals surface area contributed by atoms with Crippen molar-refractivity contribution in [2.24, 2.45) is 0 Å². The van der Waals surface area contributed by atoms with Crippen molar-refractivity contribution in [3.8, 4) is 5.75 Å². The van der Waals surface area contributed by atoms with Gasteiger partial charge in [0.2, 0.25) is 0 Å². The summed E-state index contributed by atoms with van der Waals surface area (Å²) < 4.78 is 39.7. The monoisotopic (exact) mass is 350 g/mol. The Morgan fingerprint density at radius 2 is 1.89 bits per heavy atom. The maximum absolute atomic E-state index is 12.1. The summed E-state index contributed by atoms with van der Waals surface area (Å²) in [5.41, 5.74) is 0.345. The number of hydrogen-bond acceptors (Lipinski definition) is 3. The lowest BCUT2D eigenvalue weighted by Gasteiger charge is -2.11. The summed E-state index contributed by atoms with van der Waals surface area (Å²) in [5, 5.41) is 4.50. The molecular formula is C9H4Cl3F3N2OS. The zero-order chi connectivity index (χ0) is 14.3. The molecule has 0 atom stereocenters. The van der Waals surface area contributed by atoms with E-state index in [2.05, 4.69) is 9.84 Å². The second kappa shape index (κ2) is 5.12. The maximum Gasteiger partial charge on any atom is 0.573 e. The Labute approximate surface area is 124 Å². The van der Waals surface area contributed by atoms with E-state index in [0.29, 0.717) is 10.9 Å². The van der Waals surface area contributed by atoms with Crippen LogP contribution in [0.3, 0.4) is 0 Å². The number of nitrogens with zero attached hydrogens (tertiary/aromatic N) is 2. The van der Waals surface area contributed by atoms with E-state index in [4.69, 9.17) is 34.8 Å². The van der Waals surface area contributed by atoms with Gasteiger partial charge in [-0.3, -0.25) is 0 Å². The number of aromatic nitrogens is 2. The average molecular weight is 352 g/mol. The van der Waals surface area contributed by atoms with Crippen molar-refractivity contribution in [2.75, 3.05) is 0 Å². The zero-order valence-electron chi connectivity index (χ0n) is 8.79. The molecule has 19 heavy (non-hydrogen) atoms. The molecule has 1 heterocycles. The van der Waals surface area contributed by atoms with Crippen LogP contribution in [0.25, 0.3) is 10.9 Å². The molecule has 0 fully saturated rings. The molecule has 1 aromatic carbocycles. The van der Waals surface area contributed by atoms with Gasteiger partial charge >= 0.3 is 6.36 Å². The molecule has 2 rings (SSSR count). The third-order valence-electron chi connectivity index (χ3n) is 1.93. The Balaban J connectivity index is 2.37. The van der Waals surface area contributed by atoms with Crippen LogP contribution in [0.2, 0.25) is 0 Å². The molecule has 10 heteroatoms. The Hall–Kier alpha value is -0.500. The van der Waals surface area contributed by atoms with E-state index in [1.54, 1.807) is 0 Å². The van der Waals surface area contributed by atoms with E-state index in [0.717, 1.165) is 11.9 Å². The van der Waals surface area contributed by atoms with Crippen LogP contribution in [0.4, 0.5) is 13.2 Å². The van der Waals surface area contributed by atoms with Crippen molar-refractivity contribution in [1.29, 1.82) is 0 Å². The Morgan fingerprint density at radius 1 is 1.21 bits per heavy atom. The fourth-order valence-corrected chi connectivity index (χ4v) is 2.48. The van der Waals surface area contributed by atoms with Crippen LogP contribution in [-0.4, -0.2) is 18.7 Å². The van der Waals surface area contributed by atoms with Gasteiger partial charge < -0.3 is 4.74 Å². The van der Waals surface area contributed by atoms with Gasteiger partial charge in [-0.1, -0.05) is 34.8 Å². The number of alkyl halides is 6. The Bertz CT molecular complexity index is 596. The van der Waals surface area contributed by atoms with Gasteiger partial charge in [-0.25, -0.2) is 4.09 Å². The molecule has 0 aliphatic heterocycles. The third kappa shape index (κ3) is 4.24. The highest BCUT2D eigenvalue weighted by molar-refractivity contribution is 8.03. The highest BCUT2D eigenvalue weighted by Gasteiger charge is 2.31. The summed E-state index contributed by atoms with van der Waals surface area (Å²) in [6, 6.07) is 3.78. The van der Waals surface area contributed by atoms with Crippen LogP contribution in [-0.2, 0) is 0 Å². The molecule has 0 bridgehead atoms. The minimum Gasteiger partial charge on any atom is -0.406 e. The standard InChI is InChI=1S/C9H4Cl3F3N2OS/c10-8(11,12)19-17-7-3-6(18-9(13,14)15)2-1-5(7)4-16-17/h1-4H. The summed E-state index contributed by atoms with van der Waals surface area (Å²) in [4.78, 5) is 0. The predicted octanol–water partition coefficient (Wildman–Crippen LogP) is 4.76. The lowest BCUT2D eigenvalue weighted by Crippen LogP contribution is -2.17. The number of rotatable bonds is 2. The first-order chi connectivity index (χ1) is 8.64. The van der Waals surface area contributed by atoms with Crippen molar-refractivity contribution in [2.45, 2.75) is 9.49 Å². The molecule has 0 saturated heterocycles. The maximum atomic E-state index is 12.1. The number of fused-ring (bicyclic) bond motifs is 1. The first kappa shape index (κ1) is 14.9. The van der Waals surface area contributed by atoms with Gasteiger partial charge in [-0.2, -0.15) is 5.10 Å². The minimum atomic E-state index is -4.76. The fourth-order valence-electron chi connectivity index (χ4n) is 1.34. The molecule has 1 aromatic heterocycles. The molecule has 0 unspecified atom stereocenters. The van der Waals surface area contributed by atoms with Crippen LogP contribution in [0.1, 0.15) is 0 Å². The minimum absolute atomic E-state index is 0.345. The molecular weight excluding hydrogens is 348 g/mol. The van der Waals surface area contributed by atoms with E-state index >= 15 is 0 Å². The van der Waals surface area contributed by atoms with Crippen molar-refractivity contribution >= 4 is 57.7 Å². The average Bonchev–Trinajstić information content (AvgIpc) is 2.56. The molecule has 0 aliphatic rings. The Morgan fingerprint density at radius 3 is 2.47 bits per heavy atom. The number of benzene rings is 1. The van der Waals surface area contributed by atoms with Gasteiger partial charge in [-0.15, -0.1) is 13.2 Å². The van der Waals surface area contributed by atoms with Gasteiger partial charge in [0.1, 0.15) is 5.75 Å². The highest BCUT2D eigenvalue weighted by Crippen LogP contribution is 2.41. The van der Waals surface area contributed by atoms with E-state index in [9.17, 15) is 13.2 Å². The number of halogens is 6. The fraction of sp³-hybridized carbons (Fsp3) is 0.222. The molecule has 104 valence electrons. The van der Waals surface area contributed by atoms with Crippen LogP contribution in [0.15, 0.2) is 24.4 Å². The second-order valence-corrected chi connectivity index (χ2v) is 7.42. The smallest absolute Gasteiger partial charge is 0.406 e. The lowest BCUT2D eigenvalue weighted by molar-refractivity contribution is -0.274. The molecule has 0 aliphatic carbocycles. The normalized spacial score (nSPS) is 12.9. The van der Waals surface area contributed by atoms with Gasteiger partial charge in [0.15, 0.2) is 0 Å². The van der Waals surface area contributed by atoms with Gasteiger partial charge in [0.25, 0.3) is 3.12 Å². The van der Waals surface area contributed by atoms with Crippen LogP contribution < -0.4 is 4.74 Å². The first-order valence-electron chi connectivity index (χ1n) is 4.64. The van der Waals surface area contributed by atoms with Crippen molar-refractivity contribution in [3.63, 3.8) is 0 Å². The molecule has 0 spiro atoms. The number of hydrogen-bond donors (Lipinski definition) is 0. The van der Waals surface area contributed by atoms with Crippen molar-refractivity contribution in [1.82, 2.24) is 9.19 Å². The topological polar surface area (TPSA) is 27.1 Å². The van der Waals surface area contributed by atoms with E-state index < -0.39 is 9.49 Å². The van der Waals surface area contributed by atoms with Gasteiger partial charge in [0.05, 0.1) is 11.7 Å². The van der Waals surface area contributed by atoms with Gasteiger partial charge in [-0.05, 0) is 12.1 Å². The molecule has 0 amide bonds. The van der Waals surface area contributed by atoms with E-state index in [1.165, 1.54) is 28.5 Å². The third-order valence-corrected chi connectivity index (χ3v) is 3.23. The lowest BCUT2D eigenvalue weighted by atomic mass is 10.2. The molecule has 2 aromatic rings. The summed E-state index contributed by atoms with van der Waals surface area (Å²) in [6.45, 7) is 0. The van der Waals surface area contributed by atoms with E-state index in [-0.39, 0.29) is 5.75 Å². The molecule has 3 nitrogen and oxygen atoms in total. The van der Waals surface area contributed by atoms with Crippen molar-refractivity contribution < 1.29 is 17.9 Å². The van der Waals surface area contributed by atoms with Crippen LogP contribution >= 0.6 is 46.8 Å². The van der Waals surface area contributed by atoms with Crippen LogP contribution in [0, 0.1) is 0 Å². The summed E-state index contributed by atoms with van der Waals surface area (Å²) in [7, 11) is 0. The van der Waals surface area contributed by atoms with Crippen molar-refractivity contribution in [3.05, 3.63) is 24.4 Å².